The average Bonchev–Trinajstić information content (AvgIpc) is 2.67. The zero-order chi connectivity index (χ0) is 12.3. The molecular weight excluding hydrogens is 218 g/mol. The van der Waals surface area contributed by atoms with E-state index in [1.807, 2.05) is 11.8 Å². The third kappa shape index (κ3) is 2.49. The molecule has 0 radical (unpaired) electrons. The average molecular weight is 237 g/mol. The molecule has 0 aromatic carbocycles. The Bertz CT molecular complexity index is 385. The van der Waals surface area contributed by atoms with Crippen LogP contribution in [0.4, 0.5) is 0 Å². The monoisotopic (exact) mass is 237 g/mol. The van der Waals surface area contributed by atoms with Crippen LogP contribution >= 0.6 is 0 Å². The van der Waals surface area contributed by atoms with E-state index in [4.69, 9.17) is 5.11 Å². The number of aryl methyl sites for hydroxylation is 1. The van der Waals surface area contributed by atoms with E-state index in [1.165, 1.54) is 6.42 Å². The molecule has 0 bridgehead atoms. The van der Waals surface area contributed by atoms with Gasteiger partial charge in [0.25, 0.3) is 5.91 Å². The highest BCUT2D eigenvalue weighted by molar-refractivity contribution is 5.95. The number of nitrogens with one attached hydrogen (secondary N) is 1. The second-order valence-corrected chi connectivity index (χ2v) is 4.57. The molecule has 0 spiro atoms. The highest BCUT2D eigenvalue weighted by Crippen LogP contribution is 2.26. The van der Waals surface area contributed by atoms with Gasteiger partial charge in [0.15, 0.2) is 0 Å². The van der Waals surface area contributed by atoms with Gasteiger partial charge in [-0.05, 0) is 32.6 Å². The first kappa shape index (κ1) is 12.1. The van der Waals surface area contributed by atoms with Crippen molar-refractivity contribution in [3.8, 4) is 0 Å². The van der Waals surface area contributed by atoms with Crippen LogP contribution in [0, 0.1) is 6.92 Å². The molecular formula is C12H19N3O2. The van der Waals surface area contributed by atoms with Gasteiger partial charge < -0.3 is 10.0 Å². The van der Waals surface area contributed by atoms with Crippen molar-refractivity contribution in [1.29, 1.82) is 0 Å². The van der Waals surface area contributed by atoms with Crippen molar-refractivity contribution in [2.75, 3.05) is 13.2 Å². The van der Waals surface area contributed by atoms with Gasteiger partial charge in [-0.25, -0.2) is 0 Å². The Hall–Kier alpha value is -1.36. The molecule has 0 aliphatic heterocycles. The first-order chi connectivity index (χ1) is 8.24. The Labute approximate surface area is 101 Å². The third-order valence-corrected chi connectivity index (χ3v) is 3.39. The van der Waals surface area contributed by atoms with Crippen molar-refractivity contribution in [3.63, 3.8) is 0 Å². The lowest BCUT2D eigenvalue weighted by Gasteiger charge is -2.37. The van der Waals surface area contributed by atoms with Gasteiger partial charge in [-0.15, -0.1) is 0 Å². The molecule has 5 heteroatoms. The smallest absolute Gasteiger partial charge is 0.257 e. The number of carbonyl (C=O) groups is 1. The summed E-state index contributed by atoms with van der Waals surface area (Å²) in [5.41, 5.74) is 1.46. The molecule has 94 valence electrons. The van der Waals surface area contributed by atoms with Crippen LogP contribution in [-0.2, 0) is 0 Å². The summed E-state index contributed by atoms with van der Waals surface area (Å²) in [5, 5.41) is 15.6. The van der Waals surface area contributed by atoms with Crippen LogP contribution in [0.2, 0.25) is 0 Å². The van der Waals surface area contributed by atoms with E-state index >= 15 is 0 Å². The van der Waals surface area contributed by atoms with Crippen molar-refractivity contribution in [1.82, 2.24) is 15.1 Å². The minimum Gasteiger partial charge on any atom is -0.396 e. The topological polar surface area (TPSA) is 69.2 Å². The molecule has 1 heterocycles. The van der Waals surface area contributed by atoms with Crippen LogP contribution in [-0.4, -0.2) is 45.3 Å². The Kier molecular flexibility index (Phi) is 3.78. The molecule has 1 aromatic rings. The van der Waals surface area contributed by atoms with E-state index < -0.39 is 0 Å². The summed E-state index contributed by atoms with van der Waals surface area (Å²) >= 11 is 0. The Morgan fingerprint density at radius 2 is 2.41 bits per heavy atom. The zero-order valence-corrected chi connectivity index (χ0v) is 10.1. The summed E-state index contributed by atoms with van der Waals surface area (Å²) in [5.74, 6) is 0.0365. The SMILES string of the molecule is Cc1[nH]ncc1C(=O)N(CCCO)C1CCC1. The summed E-state index contributed by atoms with van der Waals surface area (Å²) in [7, 11) is 0. The fraction of sp³-hybridized carbons (Fsp3) is 0.667. The van der Waals surface area contributed by atoms with Crippen LogP contribution in [0.3, 0.4) is 0 Å². The van der Waals surface area contributed by atoms with E-state index in [2.05, 4.69) is 10.2 Å². The van der Waals surface area contributed by atoms with E-state index in [-0.39, 0.29) is 12.5 Å². The van der Waals surface area contributed by atoms with Crippen molar-refractivity contribution in [3.05, 3.63) is 17.5 Å². The first-order valence-electron chi connectivity index (χ1n) is 6.16. The summed E-state index contributed by atoms with van der Waals surface area (Å²) in [6.45, 7) is 2.61. The van der Waals surface area contributed by atoms with Gasteiger partial charge in [0.1, 0.15) is 0 Å². The fourth-order valence-electron chi connectivity index (χ4n) is 2.11. The number of aromatic nitrogens is 2. The lowest BCUT2D eigenvalue weighted by molar-refractivity contribution is 0.0562. The lowest BCUT2D eigenvalue weighted by atomic mass is 9.91. The number of amides is 1. The fourth-order valence-corrected chi connectivity index (χ4v) is 2.11. The predicted octanol–water partition coefficient (Wildman–Crippen LogP) is 1.10. The predicted molar refractivity (Wildman–Crippen MR) is 63.7 cm³/mol. The molecule has 2 rings (SSSR count). The van der Waals surface area contributed by atoms with Gasteiger partial charge in [0.2, 0.25) is 0 Å². The molecule has 1 fully saturated rings. The molecule has 1 saturated carbocycles. The largest absolute Gasteiger partial charge is 0.396 e. The standard InChI is InChI=1S/C12H19N3O2/c1-9-11(8-13-14-9)12(17)15(6-3-7-16)10-4-2-5-10/h8,10,16H,2-7H2,1H3,(H,13,14). The highest BCUT2D eigenvalue weighted by atomic mass is 16.3. The quantitative estimate of drug-likeness (QED) is 0.805. The summed E-state index contributed by atoms with van der Waals surface area (Å²) in [4.78, 5) is 14.2. The number of aliphatic hydroxyl groups excluding tert-OH is 1. The number of aliphatic hydroxyl groups is 1. The first-order valence-corrected chi connectivity index (χ1v) is 6.16. The van der Waals surface area contributed by atoms with E-state index in [0.717, 1.165) is 18.5 Å². The van der Waals surface area contributed by atoms with Crippen molar-refractivity contribution in [2.45, 2.75) is 38.6 Å². The van der Waals surface area contributed by atoms with Gasteiger partial charge in [-0.3, -0.25) is 9.89 Å². The molecule has 1 aliphatic rings. The number of rotatable bonds is 5. The van der Waals surface area contributed by atoms with Gasteiger partial charge in [-0.2, -0.15) is 5.10 Å². The maximum absolute atomic E-state index is 12.4. The second-order valence-electron chi connectivity index (χ2n) is 4.57. The summed E-state index contributed by atoms with van der Waals surface area (Å²) < 4.78 is 0. The number of hydrogen-bond acceptors (Lipinski definition) is 3. The van der Waals surface area contributed by atoms with Gasteiger partial charge in [-0.1, -0.05) is 0 Å². The molecule has 1 aliphatic carbocycles. The van der Waals surface area contributed by atoms with Crippen molar-refractivity contribution < 1.29 is 9.90 Å². The van der Waals surface area contributed by atoms with Crippen LogP contribution < -0.4 is 0 Å². The molecule has 1 aromatic heterocycles. The summed E-state index contributed by atoms with van der Waals surface area (Å²) in [6, 6.07) is 0.350. The van der Waals surface area contributed by atoms with Crippen LogP contribution in [0.1, 0.15) is 41.7 Å². The van der Waals surface area contributed by atoms with Crippen LogP contribution in [0.15, 0.2) is 6.20 Å². The second kappa shape index (κ2) is 5.31. The maximum Gasteiger partial charge on any atom is 0.257 e. The highest BCUT2D eigenvalue weighted by Gasteiger charge is 2.29. The minimum atomic E-state index is 0.0365. The molecule has 0 atom stereocenters. The van der Waals surface area contributed by atoms with E-state index in [1.54, 1.807) is 6.20 Å². The van der Waals surface area contributed by atoms with Crippen molar-refractivity contribution >= 4 is 5.91 Å². The minimum absolute atomic E-state index is 0.0365. The molecule has 5 nitrogen and oxygen atoms in total. The normalized spacial score (nSPS) is 15.6. The Morgan fingerprint density at radius 3 is 2.88 bits per heavy atom. The number of hydrogen-bond donors (Lipinski definition) is 2. The van der Waals surface area contributed by atoms with Crippen molar-refractivity contribution in [2.24, 2.45) is 0 Å². The number of aromatic amines is 1. The van der Waals surface area contributed by atoms with Crippen LogP contribution in [0.5, 0.6) is 0 Å². The van der Waals surface area contributed by atoms with E-state index in [0.29, 0.717) is 24.6 Å². The molecule has 17 heavy (non-hydrogen) atoms. The number of nitrogens with zero attached hydrogens (tertiary/aromatic N) is 2. The third-order valence-electron chi connectivity index (χ3n) is 3.39. The summed E-state index contributed by atoms with van der Waals surface area (Å²) in [6.07, 6.45) is 5.57. The maximum atomic E-state index is 12.4. The Balaban J connectivity index is 2.09. The molecule has 1 amide bonds. The Morgan fingerprint density at radius 1 is 1.65 bits per heavy atom. The molecule has 0 saturated heterocycles. The lowest BCUT2D eigenvalue weighted by Crippen LogP contribution is -2.45. The van der Waals surface area contributed by atoms with Crippen LogP contribution in [0.25, 0.3) is 0 Å². The number of carbonyl (C=O) groups excluding carboxylic acids is 1. The molecule has 2 N–H and O–H groups in total. The zero-order valence-electron chi connectivity index (χ0n) is 10.1. The van der Waals surface area contributed by atoms with E-state index in [9.17, 15) is 4.79 Å². The van der Waals surface area contributed by atoms with Gasteiger partial charge in [0, 0.05) is 24.9 Å². The van der Waals surface area contributed by atoms with Gasteiger partial charge in [0.05, 0.1) is 11.8 Å². The van der Waals surface area contributed by atoms with Gasteiger partial charge >= 0.3 is 0 Å². The molecule has 0 unspecified atom stereocenters. The number of H-pyrrole nitrogens is 1.